The molecule has 0 spiro atoms. The van der Waals surface area contributed by atoms with E-state index in [-0.39, 0.29) is 5.09 Å². The highest BCUT2D eigenvalue weighted by atomic mass is 32.2. The highest BCUT2D eigenvalue weighted by Crippen LogP contribution is 2.31. The quantitative estimate of drug-likeness (QED) is 0.716. The normalized spacial score (nSPS) is 16.4. The van der Waals surface area contributed by atoms with E-state index >= 15 is 0 Å². The van der Waals surface area contributed by atoms with Crippen molar-refractivity contribution in [1.29, 1.82) is 0 Å². The Labute approximate surface area is 141 Å². The van der Waals surface area contributed by atoms with E-state index < -0.39 is 10.0 Å². The fraction of sp³-hybridized carbons (Fsp3) is 0.500. The lowest BCUT2D eigenvalue weighted by Crippen LogP contribution is -2.27. The summed E-state index contributed by atoms with van der Waals surface area (Å²) < 4.78 is 33.5. The molecular weight excluding hydrogens is 362 g/mol. The molecule has 0 saturated carbocycles. The van der Waals surface area contributed by atoms with Gasteiger partial charge < -0.3 is 4.42 Å². The average Bonchev–Trinajstić information content (AvgIpc) is 3.24. The van der Waals surface area contributed by atoms with E-state index in [0.717, 1.165) is 21.5 Å². The van der Waals surface area contributed by atoms with Crippen molar-refractivity contribution >= 4 is 44.9 Å². The van der Waals surface area contributed by atoms with Gasteiger partial charge in [0.15, 0.2) is 8.68 Å². The third-order valence-corrected chi connectivity index (χ3v) is 8.02. The van der Waals surface area contributed by atoms with Crippen molar-refractivity contribution in [2.24, 2.45) is 0 Å². The van der Waals surface area contributed by atoms with Crippen LogP contribution in [0.3, 0.4) is 0 Å². The number of nitrogens with zero attached hydrogens (tertiary/aromatic N) is 3. The van der Waals surface area contributed by atoms with Gasteiger partial charge in [0.1, 0.15) is 5.76 Å². The molecule has 0 aliphatic carbocycles. The predicted octanol–water partition coefficient (Wildman–Crippen LogP) is 2.93. The maximum absolute atomic E-state index is 12.4. The number of sulfonamides is 1. The van der Waals surface area contributed by atoms with Gasteiger partial charge in [-0.05, 0) is 31.2 Å². The van der Waals surface area contributed by atoms with E-state index in [1.807, 2.05) is 6.26 Å². The Morgan fingerprint density at radius 2 is 2.00 bits per heavy atom. The summed E-state index contributed by atoms with van der Waals surface area (Å²) in [6.45, 7) is 1.16. The van der Waals surface area contributed by atoms with Crippen molar-refractivity contribution in [2.75, 3.05) is 19.3 Å². The molecule has 0 bridgehead atoms. The molecule has 120 valence electrons. The van der Waals surface area contributed by atoms with Crippen LogP contribution in [0.4, 0.5) is 0 Å². The summed E-state index contributed by atoms with van der Waals surface area (Å²) >= 11 is 4.57. The van der Waals surface area contributed by atoms with E-state index in [9.17, 15) is 8.42 Å². The lowest BCUT2D eigenvalue weighted by molar-refractivity contribution is 0.397. The number of aromatic nitrogens is 2. The maximum Gasteiger partial charge on any atom is 0.276 e. The van der Waals surface area contributed by atoms with Gasteiger partial charge in [0.25, 0.3) is 10.0 Å². The topological polar surface area (TPSA) is 76.3 Å². The molecule has 0 atom stereocenters. The van der Waals surface area contributed by atoms with Crippen molar-refractivity contribution in [3.05, 3.63) is 17.9 Å². The molecule has 1 fully saturated rings. The number of rotatable bonds is 6. The molecule has 1 aliphatic rings. The Morgan fingerprint density at radius 3 is 2.68 bits per heavy atom. The van der Waals surface area contributed by atoms with Crippen LogP contribution in [-0.2, 0) is 15.8 Å². The maximum atomic E-state index is 12.4. The van der Waals surface area contributed by atoms with E-state index in [0.29, 0.717) is 24.6 Å². The molecule has 6 nitrogen and oxygen atoms in total. The van der Waals surface area contributed by atoms with Gasteiger partial charge in [-0.1, -0.05) is 34.9 Å². The first-order valence-corrected chi connectivity index (χ1v) is 11.2. The van der Waals surface area contributed by atoms with Crippen LogP contribution in [0.1, 0.15) is 18.6 Å². The highest BCUT2D eigenvalue weighted by molar-refractivity contribution is 8.02. The molecule has 22 heavy (non-hydrogen) atoms. The molecule has 10 heteroatoms. The number of hydrogen-bond donors (Lipinski definition) is 0. The molecule has 0 unspecified atom stereocenters. The Bertz CT molecular complexity index is 734. The Hall–Kier alpha value is -0.550. The van der Waals surface area contributed by atoms with Crippen LogP contribution in [-0.4, -0.2) is 42.3 Å². The smallest absolute Gasteiger partial charge is 0.276 e. The van der Waals surface area contributed by atoms with Crippen LogP contribution in [0.5, 0.6) is 0 Å². The van der Waals surface area contributed by atoms with Crippen LogP contribution < -0.4 is 0 Å². The summed E-state index contributed by atoms with van der Waals surface area (Å²) in [6, 6.07) is 3.25. The summed E-state index contributed by atoms with van der Waals surface area (Å²) in [5.74, 6) is 1.17. The molecule has 1 saturated heterocycles. The summed E-state index contributed by atoms with van der Waals surface area (Å²) in [5, 5.41) is 8.12. The Kier molecular flexibility index (Phi) is 5.13. The predicted molar refractivity (Wildman–Crippen MR) is 88.0 cm³/mol. The monoisotopic (exact) mass is 377 g/mol. The minimum Gasteiger partial charge on any atom is -0.447 e. The fourth-order valence-electron chi connectivity index (χ4n) is 2.10. The van der Waals surface area contributed by atoms with Gasteiger partial charge >= 0.3 is 0 Å². The number of furan rings is 1. The lowest BCUT2D eigenvalue weighted by Gasteiger charge is -2.12. The Balaban J connectivity index is 1.65. The van der Waals surface area contributed by atoms with Crippen LogP contribution in [0.25, 0.3) is 0 Å². The van der Waals surface area contributed by atoms with Gasteiger partial charge in [0, 0.05) is 13.1 Å². The number of hydrogen-bond acceptors (Lipinski definition) is 8. The van der Waals surface area contributed by atoms with Crippen LogP contribution in [0.15, 0.2) is 30.3 Å². The molecule has 3 rings (SSSR count). The van der Waals surface area contributed by atoms with E-state index in [2.05, 4.69) is 10.2 Å². The molecule has 2 aromatic heterocycles. The zero-order valence-electron chi connectivity index (χ0n) is 11.9. The summed E-state index contributed by atoms with van der Waals surface area (Å²) in [7, 11) is -3.47. The summed E-state index contributed by atoms with van der Waals surface area (Å²) in [6.07, 6.45) is 3.78. The third-order valence-electron chi connectivity index (χ3n) is 3.20. The van der Waals surface area contributed by atoms with E-state index in [1.54, 1.807) is 17.8 Å². The van der Waals surface area contributed by atoms with Crippen LogP contribution in [0.2, 0.25) is 0 Å². The first-order chi connectivity index (χ1) is 10.6. The van der Waals surface area contributed by atoms with Gasteiger partial charge in [-0.15, -0.1) is 10.2 Å². The summed E-state index contributed by atoms with van der Waals surface area (Å²) in [5.41, 5.74) is 0. The first kappa shape index (κ1) is 16.3. The first-order valence-electron chi connectivity index (χ1n) is 6.69. The minimum absolute atomic E-state index is 0.0343. The highest BCUT2D eigenvalue weighted by Gasteiger charge is 2.29. The largest absolute Gasteiger partial charge is 0.447 e. The second-order valence-electron chi connectivity index (χ2n) is 4.66. The van der Waals surface area contributed by atoms with Crippen LogP contribution >= 0.6 is 34.9 Å². The average molecular weight is 378 g/mol. The zero-order valence-corrected chi connectivity index (χ0v) is 15.2. The van der Waals surface area contributed by atoms with Crippen LogP contribution in [0, 0.1) is 0 Å². The molecule has 0 radical (unpaired) electrons. The molecule has 0 aromatic carbocycles. The molecule has 0 amide bonds. The lowest BCUT2D eigenvalue weighted by atomic mass is 10.4. The third kappa shape index (κ3) is 3.51. The molecule has 1 aliphatic heterocycles. The van der Waals surface area contributed by atoms with Gasteiger partial charge in [-0.3, -0.25) is 0 Å². The van der Waals surface area contributed by atoms with Crippen molar-refractivity contribution in [1.82, 2.24) is 14.5 Å². The van der Waals surface area contributed by atoms with Gasteiger partial charge in [0.2, 0.25) is 5.09 Å². The zero-order chi connectivity index (χ0) is 15.6. The van der Waals surface area contributed by atoms with Crippen molar-refractivity contribution in [3.8, 4) is 0 Å². The molecular formula is C12H15N3O3S4. The molecule has 3 heterocycles. The number of thioether (sulfide) groups is 2. The van der Waals surface area contributed by atoms with Crippen molar-refractivity contribution < 1.29 is 12.8 Å². The standard InChI is InChI=1S/C12H15N3O3S4/c1-19-11-13-14-12(21-11)20-8-9-4-5-10(18-9)22(16,17)15-6-2-3-7-15/h4-5H,2-3,6-8H2,1H3. The second kappa shape index (κ2) is 6.91. The second-order valence-corrected chi connectivity index (χ2v) is 9.78. The van der Waals surface area contributed by atoms with Gasteiger partial charge in [-0.25, -0.2) is 8.42 Å². The molecule has 0 N–H and O–H groups in total. The summed E-state index contributed by atoms with van der Waals surface area (Å²) in [4.78, 5) is 0. The van der Waals surface area contributed by atoms with E-state index in [4.69, 9.17) is 4.42 Å². The van der Waals surface area contributed by atoms with Crippen molar-refractivity contribution in [2.45, 2.75) is 32.4 Å². The molecule has 2 aromatic rings. The van der Waals surface area contributed by atoms with Gasteiger partial charge in [-0.2, -0.15) is 4.31 Å². The van der Waals surface area contributed by atoms with Crippen molar-refractivity contribution in [3.63, 3.8) is 0 Å². The SMILES string of the molecule is CSc1nnc(SCc2ccc(S(=O)(=O)N3CCCC3)o2)s1. The Morgan fingerprint density at radius 1 is 1.27 bits per heavy atom. The van der Waals surface area contributed by atoms with Gasteiger partial charge in [0.05, 0.1) is 5.75 Å². The minimum atomic E-state index is -3.47. The van der Waals surface area contributed by atoms with E-state index in [1.165, 1.54) is 33.5 Å². The fourth-order valence-corrected chi connectivity index (χ4v) is 5.88.